The van der Waals surface area contributed by atoms with Crippen LogP contribution in [0, 0.1) is 0 Å². The molecule has 3 rings (SSSR count). The molecule has 1 aromatic heterocycles. The Kier molecular flexibility index (Phi) is 6.08. The van der Waals surface area contributed by atoms with E-state index in [1.54, 1.807) is 12.3 Å². The number of benzene rings is 1. The molecule has 1 aliphatic rings. The van der Waals surface area contributed by atoms with Crippen LogP contribution in [0.2, 0.25) is 5.02 Å². The van der Waals surface area contributed by atoms with Crippen LogP contribution in [0.3, 0.4) is 0 Å². The summed E-state index contributed by atoms with van der Waals surface area (Å²) in [5, 5.41) is 3.63. The average molecular weight is 376 g/mol. The number of carbonyl (C=O) groups excluding carboxylic acids is 2. The number of H-pyrrole nitrogens is 1. The van der Waals surface area contributed by atoms with Crippen molar-refractivity contribution in [2.45, 2.75) is 13.0 Å². The van der Waals surface area contributed by atoms with Gasteiger partial charge in [-0.15, -0.1) is 0 Å². The molecule has 2 heterocycles. The van der Waals surface area contributed by atoms with Gasteiger partial charge in [-0.2, -0.15) is 0 Å². The number of nitrogens with zero attached hydrogens (tertiary/aromatic N) is 1. The second-order valence-corrected chi connectivity index (χ2v) is 6.66. The van der Waals surface area contributed by atoms with Gasteiger partial charge in [0.25, 0.3) is 5.91 Å². The van der Waals surface area contributed by atoms with Crippen LogP contribution in [-0.2, 0) is 4.74 Å². The Bertz CT molecular complexity index is 784. The van der Waals surface area contributed by atoms with E-state index in [0.29, 0.717) is 36.0 Å². The number of nitrogens with one attached hydrogen (secondary N) is 2. The number of hydrogen-bond acceptors (Lipinski definition) is 4. The van der Waals surface area contributed by atoms with Gasteiger partial charge in [0.1, 0.15) is 5.69 Å². The lowest BCUT2D eigenvalue weighted by molar-refractivity contribution is 0.0162. The van der Waals surface area contributed by atoms with Crippen molar-refractivity contribution in [3.8, 4) is 0 Å². The standard InChI is InChI=1S/C19H22ClN3O3/c1-13(24)14-10-17(21-11-14)19(25)22-12-18(23-6-8-26-9-7-23)15-4-2-3-5-16(15)20/h2-5,10-11,18,21H,6-9,12H2,1H3,(H,22,25). The molecule has 26 heavy (non-hydrogen) atoms. The number of ether oxygens (including phenoxy) is 1. The lowest BCUT2D eigenvalue weighted by Gasteiger charge is -2.35. The molecular formula is C19H22ClN3O3. The monoisotopic (exact) mass is 375 g/mol. The minimum Gasteiger partial charge on any atom is -0.379 e. The number of aromatic nitrogens is 1. The van der Waals surface area contributed by atoms with Gasteiger partial charge in [0.2, 0.25) is 0 Å². The van der Waals surface area contributed by atoms with Crippen LogP contribution >= 0.6 is 11.6 Å². The van der Waals surface area contributed by atoms with Crippen LogP contribution in [0.15, 0.2) is 36.5 Å². The highest BCUT2D eigenvalue weighted by Gasteiger charge is 2.25. The first-order valence-corrected chi connectivity index (χ1v) is 8.98. The predicted octanol–water partition coefficient (Wildman–Crippen LogP) is 2.67. The molecular weight excluding hydrogens is 354 g/mol. The minimum absolute atomic E-state index is 0.0428. The summed E-state index contributed by atoms with van der Waals surface area (Å²) in [4.78, 5) is 29.0. The van der Waals surface area contributed by atoms with E-state index in [0.717, 1.165) is 18.7 Å². The Balaban J connectivity index is 1.73. The molecule has 0 saturated carbocycles. The molecule has 0 bridgehead atoms. The van der Waals surface area contributed by atoms with Gasteiger partial charge in [-0.05, 0) is 24.6 Å². The molecule has 1 atom stereocenters. The van der Waals surface area contributed by atoms with E-state index in [1.165, 1.54) is 6.92 Å². The van der Waals surface area contributed by atoms with Gasteiger partial charge < -0.3 is 15.0 Å². The number of carbonyl (C=O) groups is 2. The van der Waals surface area contributed by atoms with Gasteiger partial charge in [0, 0.05) is 36.4 Å². The molecule has 6 nitrogen and oxygen atoms in total. The SMILES string of the molecule is CC(=O)c1c[nH]c(C(=O)NCC(c2ccccc2Cl)N2CCOCC2)c1. The highest BCUT2D eigenvalue weighted by molar-refractivity contribution is 6.31. The summed E-state index contributed by atoms with van der Waals surface area (Å²) in [6.45, 7) is 4.76. The van der Waals surface area contributed by atoms with Crippen molar-refractivity contribution in [3.63, 3.8) is 0 Å². The second kappa shape index (κ2) is 8.49. The van der Waals surface area contributed by atoms with E-state index < -0.39 is 0 Å². The van der Waals surface area contributed by atoms with E-state index >= 15 is 0 Å². The minimum atomic E-state index is -0.247. The summed E-state index contributed by atoms with van der Waals surface area (Å²) in [5.74, 6) is -0.328. The lowest BCUT2D eigenvalue weighted by Crippen LogP contribution is -2.44. The fraction of sp³-hybridized carbons (Fsp3) is 0.368. The maximum absolute atomic E-state index is 12.5. The van der Waals surface area contributed by atoms with Crippen molar-refractivity contribution in [1.82, 2.24) is 15.2 Å². The first-order chi connectivity index (χ1) is 12.6. The fourth-order valence-electron chi connectivity index (χ4n) is 3.08. The van der Waals surface area contributed by atoms with E-state index in [4.69, 9.17) is 16.3 Å². The van der Waals surface area contributed by atoms with Crippen molar-refractivity contribution in [1.29, 1.82) is 0 Å². The zero-order valence-electron chi connectivity index (χ0n) is 14.6. The van der Waals surface area contributed by atoms with Gasteiger partial charge >= 0.3 is 0 Å². The number of hydrogen-bond donors (Lipinski definition) is 2. The smallest absolute Gasteiger partial charge is 0.267 e. The number of Topliss-reactive ketones (excluding diaryl/α,β-unsaturated/α-hetero) is 1. The Morgan fingerprint density at radius 2 is 2.04 bits per heavy atom. The van der Waals surface area contributed by atoms with Gasteiger partial charge in [-0.1, -0.05) is 29.8 Å². The maximum atomic E-state index is 12.5. The summed E-state index contributed by atoms with van der Waals surface area (Å²) in [5.41, 5.74) is 1.84. The molecule has 2 aromatic rings. The normalized spacial score (nSPS) is 16.2. The second-order valence-electron chi connectivity index (χ2n) is 6.25. The summed E-state index contributed by atoms with van der Waals surface area (Å²) in [6, 6.07) is 9.20. The van der Waals surface area contributed by atoms with Crippen molar-refractivity contribution >= 4 is 23.3 Å². The number of amides is 1. The van der Waals surface area contributed by atoms with E-state index in [-0.39, 0.29) is 17.7 Å². The Morgan fingerprint density at radius 1 is 1.31 bits per heavy atom. The fourth-order valence-corrected chi connectivity index (χ4v) is 3.35. The predicted molar refractivity (Wildman–Crippen MR) is 99.7 cm³/mol. The average Bonchev–Trinajstić information content (AvgIpc) is 3.15. The van der Waals surface area contributed by atoms with Crippen LogP contribution in [0.5, 0.6) is 0 Å². The Labute approximate surface area is 157 Å². The van der Waals surface area contributed by atoms with Gasteiger partial charge in [0.05, 0.1) is 19.3 Å². The van der Waals surface area contributed by atoms with Gasteiger partial charge in [-0.25, -0.2) is 0 Å². The molecule has 2 N–H and O–H groups in total. The molecule has 1 aromatic carbocycles. The number of morpholine rings is 1. The first-order valence-electron chi connectivity index (χ1n) is 8.60. The Morgan fingerprint density at radius 3 is 2.69 bits per heavy atom. The van der Waals surface area contributed by atoms with E-state index in [9.17, 15) is 9.59 Å². The van der Waals surface area contributed by atoms with Gasteiger partial charge in [-0.3, -0.25) is 14.5 Å². The molecule has 1 aliphatic heterocycles. The molecule has 138 valence electrons. The third-order valence-corrected chi connectivity index (χ3v) is 4.89. The number of halogens is 1. The molecule has 7 heteroatoms. The van der Waals surface area contributed by atoms with E-state index in [2.05, 4.69) is 15.2 Å². The van der Waals surface area contributed by atoms with E-state index in [1.807, 2.05) is 24.3 Å². The number of rotatable bonds is 6. The molecule has 1 fully saturated rings. The summed E-state index contributed by atoms with van der Waals surface area (Å²) < 4.78 is 5.44. The topological polar surface area (TPSA) is 74.4 Å². The summed E-state index contributed by atoms with van der Waals surface area (Å²) in [6.07, 6.45) is 1.55. The molecule has 0 radical (unpaired) electrons. The highest BCUT2D eigenvalue weighted by atomic mass is 35.5. The van der Waals surface area contributed by atoms with Crippen molar-refractivity contribution in [2.24, 2.45) is 0 Å². The lowest BCUT2D eigenvalue weighted by atomic mass is 10.0. The number of aromatic amines is 1. The molecule has 1 amide bonds. The third kappa shape index (κ3) is 4.33. The zero-order chi connectivity index (χ0) is 18.5. The largest absolute Gasteiger partial charge is 0.379 e. The zero-order valence-corrected chi connectivity index (χ0v) is 15.4. The molecule has 0 spiro atoms. The van der Waals surface area contributed by atoms with Crippen molar-refractivity contribution in [2.75, 3.05) is 32.8 Å². The van der Waals surface area contributed by atoms with Crippen LogP contribution in [0.1, 0.15) is 39.4 Å². The summed E-state index contributed by atoms with van der Waals surface area (Å²) in [7, 11) is 0. The molecule has 1 unspecified atom stereocenters. The Hall–Kier alpha value is -2.15. The van der Waals surface area contributed by atoms with Crippen LogP contribution in [0.25, 0.3) is 0 Å². The third-order valence-electron chi connectivity index (χ3n) is 4.54. The maximum Gasteiger partial charge on any atom is 0.267 e. The highest BCUT2D eigenvalue weighted by Crippen LogP contribution is 2.27. The molecule has 0 aliphatic carbocycles. The van der Waals surface area contributed by atoms with Crippen molar-refractivity contribution in [3.05, 3.63) is 58.4 Å². The molecule has 1 saturated heterocycles. The van der Waals surface area contributed by atoms with Gasteiger partial charge in [0.15, 0.2) is 5.78 Å². The quantitative estimate of drug-likeness (QED) is 0.761. The van der Waals surface area contributed by atoms with Crippen LogP contribution < -0.4 is 5.32 Å². The van der Waals surface area contributed by atoms with Crippen LogP contribution in [0.4, 0.5) is 0 Å². The summed E-state index contributed by atoms with van der Waals surface area (Å²) >= 11 is 6.39. The van der Waals surface area contributed by atoms with Crippen LogP contribution in [-0.4, -0.2) is 54.4 Å². The first kappa shape index (κ1) is 18.6. The van der Waals surface area contributed by atoms with Crippen molar-refractivity contribution < 1.29 is 14.3 Å². The number of ketones is 1.